The van der Waals surface area contributed by atoms with Crippen molar-refractivity contribution in [3.63, 3.8) is 0 Å². The molecular weight excluding hydrogens is 254 g/mol. The Balaban J connectivity index is 2.15. The maximum atomic E-state index is 11.5. The second kappa shape index (κ2) is 9.23. The van der Waals surface area contributed by atoms with Crippen LogP contribution in [0.5, 0.6) is 0 Å². The van der Waals surface area contributed by atoms with Gasteiger partial charge < -0.3 is 0 Å². The van der Waals surface area contributed by atoms with Gasteiger partial charge in [-0.3, -0.25) is 14.9 Å². The van der Waals surface area contributed by atoms with E-state index in [0.29, 0.717) is 12.2 Å². The number of nitro groups is 1. The molecule has 0 aromatic heterocycles. The molecule has 0 spiro atoms. The first-order valence-electron chi connectivity index (χ1n) is 7.38. The number of non-ortho nitro benzene ring substituents is 1. The molecule has 0 saturated carbocycles. The van der Waals surface area contributed by atoms with Crippen LogP contribution in [0.3, 0.4) is 0 Å². The Morgan fingerprint density at radius 3 is 2.30 bits per heavy atom. The fourth-order valence-corrected chi connectivity index (χ4v) is 2.11. The van der Waals surface area contributed by atoms with Crippen molar-refractivity contribution in [3.05, 3.63) is 39.9 Å². The highest BCUT2D eigenvalue weighted by molar-refractivity contribution is 5.78. The largest absolute Gasteiger partial charge is 0.300 e. The van der Waals surface area contributed by atoms with Gasteiger partial charge in [-0.1, -0.05) is 31.9 Å². The molecule has 1 aromatic rings. The number of nitro benzene ring substituents is 1. The number of benzene rings is 1. The summed E-state index contributed by atoms with van der Waals surface area (Å²) in [4.78, 5) is 21.6. The van der Waals surface area contributed by atoms with Gasteiger partial charge in [-0.15, -0.1) is 0 Å². The zero-order valence-electron chi connectivity index (χ0n) is 12.1. The van der Waals surface area contributed by atoms with Crippen molar-refractivity contribution in [1.82, 2.24) is 0 Å². The highest BCUT2D eigenvalue weighted by Crippen LogP contribution is 2.14. The molecule has 0 aliphatic rings. The highest BCUT2D eigenvalue weighted by atomic mass is 16.6. The summed E-state index contributed by atoms with van der Waals surface area (Å²) in [5.74, 6) is 0.377. The molecule has 0 radical (unpaired) electrons. The summed E-state index contributed by atoms with van der Waals surface area (Å²) in [7, 11) is 0. The number of ketones is 1. The first kappa shape index (κ1) is 16.3. The van der Waals surface area contributed by atoms with Crippen LogP contribution in [-0.4, -0.2) is 10.7 Å². The number of rotatable bonds is 10. The topological polar surface area (TPSA) is 60.2 Å². The Morgan fingerprint density at radius 2 is 1.70 bits per heavy atom. The zero-order chi connectivity index (χ0) is 14.8. The molecule has 0 fully saturated rings. The van der Waals surface area contributed by atoms with E-state index in [0.717, 1.165) is 50.5 Å². The average molecular weight is 277 g/mol. The van der Waals surface area contributed by atoms with Crippen molar-refractivity contribution in [2.75, 3.05) is 0 Å². The number of hydrogen-bond donors (Lipinski definition) is 0. The SMILES string of the molecule is CCCCC(=O)CCCCCc1ccc([N+](=O)[O-])cc1. The van der Waals surface area contributed by atoms with E-state index in [1.54, 1.807) is 12.1 Å². The molecule has 4 nitrogen and oxygen atoms in total. The lowest BCUT2D eigenvalue weighted by Crippen LogP contribution is -1.97. The monoisotopic (exact) mass is 277 g/mol. The van der Waals surface area contributed by atoms with Gasteiger partial charge in [-0.25, -0.2) is 0 Å². The summed E-state index contributed by atoms with van der Waals surface area (Å²) in [6.45, 7) is 2.09. The van der Waals surface area contributed by atoms with Crippen molar-refractivity contribution in [3.8, 4) is 0 Å². The average Bonchev–Trinajstić information content (AvgIpc) is 2.45. The Kier molecular flexibility index (Phi) is 7.55. The third-order valence-corrected chi connectivity index (χ3v) is 3.38. The van der Waals surface area contributed by atoms with Crippen LogP contribution in [0.1, 0.15) is 57.4 Å². The third kappa shape index (κ3) is 6.45. The second-order valence-corrected chi connectivity index (χ2v) is 5.13. The van der Waals surface area contributed by atoms with Gasteiger partial charge in [-0.2, -0.15) is 0 Å². The van der Waals surface area contributed by atoms with E-state index in [1.807, 2.05) is 12.1 Å². The third-order valence-electron chi connectivity index (χ3n) is 3.38. The molecule has 0 aliphatic heterocycles. The molecular formula is C16H23NO3. The van der Waals surface area contributed by atoms with Gasteiger partial charge in [0.05, 0.1) is 4.92 Å². The number of Topliss-reactive ketones (excluding diaryl/α,β-unsaturated/α-hetero) is 1. The van der Waals surface area contributed by atoms with E-state index in [2.05, 4.69) is 6.92 Å². The molecule has 0 amide bonds. The zero-order valence-corrected chi connectivity index (χ0v) is 12.1. The Morgan fingerprint density at radius 1 is 1.05 bits per heavy atom. The summed E-state index contributed by atoms with van der Waals surface area (Å²) in [6, 6.07) is 6.71. The van der Waals surface area contributed by atoms with E-state index >= 15 is 0 Å². The normalized spacial score (nSPS) is 10.4. The number of carbonyl (C=O) groups is 1. The van der Waals surface area contributed by atoms with E-state index in [4.69, 9.17) is 0 Å². The summed E-state index contributed by atoms with van der Waals surface area (Å²) >= 11 is 0. The van der Waals surface area contributed by atoms with E-state index in [9.17, 15) is 14.9 Å². The quantitative estimate of drug-likeness (QED) is 0.360. The first-order chi connectivity index (χ1) is 9.63. The standard InChI is InChI=1S/C16H23NO3/c1-2-3-8-16(18)9-6-4-5-7-14-10-12-15(13-11-14)17(19)20/h10-13H,2-9H2,1H3. The van der Waals surface area contributed by atoms with Crippen molar-refractivity contribution < 1.29 is 9.72 Å². The van der Waals surface area contributed by atoms with Crippen LogP contribution in [0.15, 0.2) is 24.3 Å². The molecule has 0 unspecified atom stereocenters. The summed E-state index contributed by atoms with van der Waals surface area (Å²) in [5.41, 5.74) is 1.25. The minimum Gasteiger partial charge on any atom is -0.300 e. The Bertz CT molecular complexity index is 426. The number of aryl methyl sites for hydroxylation is 1. The molecule has 0 saturated heterocycles. The van der Waals surface area contributed by atoms with Crippen molar-refractivity contribution in [1.29, 1.82) is 0 Å². The van der Waals surface area contributed by atoms with Crippen LogP contribution in [-0.2, 0) is 11.2 Å². The fourth-order valence-electron chi connectivity index (χ4n) is 2.11. The molecule has 0 heterocycles. The fraction of sp³-hybridized carbons (Fsp3) is 0.562. The van der Waals surface area contributed by atoms with Gasteiger partial charge in [-0.05, 0) is 31.2 Å². The van der Waals surface area contributed by atoms with Crippen molar-refractivity contribution >= 4 is 11.5 Å². The van der Waals surface area contributed by atoms with Crippen LogP contribution in [0, 0.1) is 10.1 Å². The number of nitrogens with zero attached hydrogens (tertiary/aromatic N) is 1. The van der Waals surface area contributed by atoms with Gasteiger partial charge in [0.2, 0.25) is 0 Å². The van der Waals surface area contributed by atoms with Crippen LogP contribution in [0.4, 0.5) is 5.69 Å². The summed E-state index contributed by atoms with van der Waals surface area (Å²) in [6.07, 6.45) is 7.43. The van der Waals surface area contributed by atoms with Gasteiger partial charge in [0, 0.05) is 25.0 Å². The Hall–Kier alpha value is -1.71. The molecule has 1 rings (SSSR count). The van der Waals surface area contributed by atoms with Gasteiger partial charge in [0.15, 0.2) is 0 Å². The van der Waals surface area contributed by atoms with Gasteiger partial charge in [0.25, 0.3) is 5.69 Å². The predicted octanol–water partition coefficient (Wildman–Crippen LogP) is 4.46. The van der Waals surface area contributed by atoms with Crippen LogP contribution in [0.25, 0.3) is 0 Å². The van der Waals surface area contributed by atoms with Crippen molar-refractivity contribution in [2.24, 2.45) is 0 Å². The first-order valence-corrected chi connectivity index (χ1v) is 7.38. The molecule has 20 heavy (non-hydrogen) atoms. The van der Waals surface area contributed by atoms with Crippen LogP contribution in [0.2, 0.25) is 0 Å². The number of hydrogen-bond acceptors (Lipinski definition) is 3. The number of unbranched alkanes of at least 4 members (excludes halogenated alkanes) is 3. The molecule has 1 aromatic carbocycles. The smallest absolute Gasteiger partial charge is 0.269 e. The van der Waals surface area contributed by atoms with E-state index < -0.39 is 0 Å². The van der Waals surface area contributed by atoms with E-state index in [-0.39, 0.29) is 10.6 Å². The molecule has 110 valence electrons. The maximum absolute atomic E-state index is 11.5. The summed E-state index contributed by atoms with van der Waals surface area (Å²) < 4.78 is 0. The van der Waals surface area contributed by atoms with Gasteiger partial charge in [0.1, 0.15) is 5.78 Å². The summed E-state index contributed by atoms with van der Waals surface area (Å²) in [5, 5.41) is 10.5. The van der Waals surface area contributed by atoms with Crippen LogP contribution >= 0.6 is 0 Å². The molecule has 0 N–H and O–H groups in total. The minimum absolute atomic E-state index is 0.135. The molecule has 0 aliphatic carbocycles. The lowest BCUT2D eigenvalue weighted by molar-refractivity contribution is -0.384. The molecule has 0 atom stereocenters. The Labute approximate surface area is 120 Å². The second-order valence-electron chi connectivity index (χ2n) is 5.13. The van der Waals surface area contributed by atoms with E-state index in [1.165, 1.54) is 0 Å². The predicted molar refractivity (Wildman–Crippen MR) is 79.8 cm³/mol. The lowest BCUT2D eigenvalue weighted by atomic mass is 10.0. The van der Waals surface area contributed by atoms with Crippen LogP contribution < -0.4 is 0 Å². The molecule has 0 bridgehead atoms. The van der Waals surface area contributed by atoms with Crippen molar-refractivity contribution in [2.45, 2.75) is 58.3 Å². The number of carbonyl (C=O) groups excluding carboxylic acids is 1. The minimum atomic E-state index is -0.383. The lowest BCUT2D eigenvalue weighted by Gasteiger charge is -2.02. The maximum Gasteiger partial charge on any atom is 0.269 e. The molecule has 4 heteroatoms. The van der Waals surface area contributed by atoms with Gasteiger partial charge >= 0.3 is 0 Å². The highest BCUT2D eigenvalue weighted by Gasteiger charge is 2.04.